The highest BCUT2D eigenvalue weighted by Crippen LogP contribution is 2.15. The third kappa shape index (κ3) is 33.4. The molecule has 0 aromatic heterocycles. The lowest BCUT2D eigenvalue weighted by Crippen LogP contribution is -2.28. The first-order valence-corrected chi connectivity index (χ1v) is 19.2. The van der Waals surface area contributed by atoms with Gasteiger partial charge < -0.3 is 14.6 Å². The first kappa shape index (κ1) is 44.0. The fraction of sp³-hybridized carbons (Fsp3) is 0.825. The van der Waals surface area contributed by atoms with E-state index < -0.39 is 6.10 Å². The Morgan fingerprint density at radius 2 is 1.11 bits per heavy atom. The highest BCUT2D eigenvalue weighted by molar-refractivity contribution is 5.89. The van der Waals surface area contributed by atoms with Gasteiger partial charge in [-0.25, -0.2) is 0 Å². The average Bonchev–Trinajstić information content (AvgIpc) is 3.03. The third-order valence-corrected chi connectivity index (χ3v) is 8.40. The van der Waals surface area contributed by atoms with Crippen LogP contribution in [-0.4, -0.2) is 42.1 Å². The van der Waals surface area contributed by atoms with Crippen LogP contribution in [-0.2, 0) is 23.9 Å². The zero-order chi connectivity index (χ0) is 33.9. The second-order valence-corrected chi connectivity index (χ2v) is 13.5. The van der Waals surface area contributed by atoms with E-state index in [0.29, 0.717) is 19.3 Å². The Bertz CT molecular complexity index is 772. The van der Waals surface area contributed by atoms with Gasteiger partial charge in [-0.1, -0.05) is 155 Å². The molecule has 0 radical (unpaired) electrons. The molecule has 268 valence electrons. The molecule has 0 unspecified atom stereocenters. The molecule has 6 heteroatoms. The molecule has 0 aliphatic rings. The normalized spacial score (nSPS) is 12.4. The van der Waals surface area contributed by atoms with Gasteiger partial charge in [0.1, 0.15) is 6.61 Å². The first-order valence-electron chi connectivity index (χ1n) is 19.2. The minimum Gasteiger partial charge on any atom is -0.462 e. The van der Waals surface area contributed by atoms with Gasteiger partial charge in [-0.3, -0.25) is 14.4 Å². The molecule has 0 aliphatic heterocycles. The molecule has 0 amide bonds. The largest absolute Gasteiger partial charge is 0.462 e. The maximum atomic E-state index is 12.2. The Morgan fingerprint density at radius 1 is 0.609 bits per heavy atom. The Labute approximate surface area is 283 Å². The molecule has 0 aromatic carbocycles. The monoisotopic (exact) mass is 649 g/mol. The standard InChI is InChI=1S/C40H72O6/c1-4-5-6-7-15-20-25-30-37(42)31-26-21-18-23-27-32-39(43)45-35-38(34-41)46-40(44)33-28-22-17-14-12-10-8-9-11-13-16-19-24-29-36(2)3/h15,20,25,30,36,38,41H,4-14,16-19,21-24,26-29,31-35H2,1-3H3/b20-15-,30-25+/t38-/m0/s1. The summed E-state index contributed by atoms with van der Waals surface area (Å²) in [6.07, 6.45) is 34.8. The summed E-state index contributed by atoms with van der Waals surface area (Å²) in [5.41, 5.74) is 0. The van der Waals surface area contributed by atoms with Crippen LogP contribution in [0.25, 0.3) is 0 Å². The molecule has 46 heavy (non-hydrogen) atoms. The summed E-state index contributed by atoms with van der Waals surface area (Å²) in [7, 11) is 0. The van der Waals surface area contributed by atoms with Crippen LogP contribution < -0.4 is 0 Å². The van der Waals surface area contributed by atoms with Crippen LogP contribution in [0.2, 0.25) is 0 Å². The number of hydrogen-bond donors (Lipinski definition) is 1. The fourth-order valence-electron chi connectivity index (χ4n) is 5.43. The van der Waals surface area contributed by atoms with E-state index in [1.807, 2.05) is 12.2 Å². The Balaban J connectivity index is 3.63. The second-order valence-electron chi connectivity index (χ2n) is 13.5. The number of aliphatic hydroxyl groups is 1. The molecule has 0 fully saturated rings. The molecule has 0 saturated carbocycles. The van der Waals surface area contributed by atoms with Gasteiger partial charge in [0.05, 0.1) is 6.61 Å². The molecule has 0 rings (SSSR count). The molecule has 0 heterocycles. The summed E-state index contributed by atoms with van der Waals surface area (Å²) in [5.74, 6) is 0.317. The number of carbonyl (C=O) groups excluding carboxylic acids is 3. The predicted molar refractivity (Wildman–Crippen MR) is 192 cm³/mol. The quantitative estimate of drug-likeness (QED) is 0.0323. The van der Waals surface area contributed by atoms with Crippen molar-refractivity contribution in [3.63, 3.8) is 0 Å². The van der Waals surface area contributed by atoms with Crippen LogP contribution >= 0.6 is 0 Å². The van der Waals surface area contributed by atoms with Crippen LogP contribution in [0.4, 0.5) is 0 Å². The van der Waals surface area contributed by atoms with Crippen LogP contribution in [0.3, 0.4) is 0 Å². The first-order chi connectivity index (χ1) is 22.4. The number of rotatable bonds is 34. The maximum absolute atomic E-state index is 12.2. The molecular formula is C40H72O6. The fourth-order valence-corrected chi connectivity index (χ4v) is 5.43. The van der Waals surface area contributed by atoms with Gasteiger partial charge in [0.15, 0.2) is 11.9 Å². The molecule has 0 bridgehead atoms. The second kappa shape index (κ2) is 34.4. The van der Waals surface area contributed by atoms with Gasteiger partial charge in [0.25, 0.3) is 0 Å². The number of carbonyl (C=O) groups is 3. The van der Waals surface area contributed by atoms with Gasteiger partial charge in [-0.15, -0.1) is 0 Å². The summed E-state index contributed by atoms with van der Waals surface area (Å²) in [4.78, 5) is 36.1. The highest BCUT2D eigenvalue weighted by atomic mass is 16.6. The van der Waals surface area contributed by atoms with E-state index >= 15 is 0 Å². The summed E-state index contributed by atoms with van der Waals surface area (Å²) in [6.45, 7) is 6.33. The lowest BCUT2D eigenvalue weighted by molar-refractivity contribution is -0.161. The summed E-state index contributed by atoms with van der Waals surface area (Å²) in [5, 5.41) is 9.54. The number of ether oxygens (including phenoxy) is 2. The molecule has 0 aromatic rings. The van der Waals surface area contributed by atoms with Gasteiger partial charge in [-0.2, -0.15) is 0 Å². The Hall–Kier alpha value is -1.95. The molecular weight excluding hydrogens is 576 g/mol. The molecule has 1 atom stereocenters. The summed E-state index contributed by atoms with van der Waals surface area (Å²) < 4.78 is 10.5. The maximum Gasteiger partial charge on any atom is 0.306 e. The van der Waals surface area contributed by atoms with Gasteiger partial charge >= 0.3 is 11.9 Å². The molecule has 0 saturated heterocycles. The van der Waals surface area contributed by atoms with Crippen molar-refractivity contribution in [1.29, 1.82) is 0 Å². The zero-order valence-corrected chi connectivity index (χ0v) is 30.3. The third-order valence-electron chi connectivity index (χ3n) is 8.40. The zero-order valence-electron chi connectivity index (χ0n) is 30.3. The Morgan fingerprint density at radius 3 is 1.63 bits per heavy atom. The number of hydrogen-bond acceptors (Lipinski definition) is 6. The van der Waals surface area contributed by atoms with Crippen LogP contribution in [0.15, 0.2) is 24.3 Å². The number of aliphatic hydroxyl groups excluding tert-OH is 1. The van der Waals surface area contributed by atoms with E-state index in [1.54, 1.807) is 6.08 Å². The van der Waals surface area contributed by atoms with E-state index in [9.17, 15) is 19.5 Å². The highest BCUT2D eigenvalue weighted by Gasteiger charge is 2.16. The molecule has 0 spiro atoms. The summed E-state index contributed by atoms with van der Waals surface area (Å²) >= 11 is 0. The van der Waals surface area contributed by atoms with Gasteiger partial charge in [0.2, 0.25) is 0 Å². The van der Waals surface area contributed by atoms with E-state index in [4.69, 9.17) is 9.47 Å². The van der Waals surface area contributed by atoms with Crippen LogP contribution in [0, 0.1) is 5.92 Å². The smallest absolute Gasteiger partial charge is 0.306 e. The van der Waals surface area contributed by atoms with Crippen molar-refractivity contribution >= 4 is 17.7 Å². The molecule has 1 N–H and O–H groups in total. The lowest BCUT2D eigenvalue weighted by atomic mass is 10.0. The number of ketones is 1. The number of esters is 2. The van der Waals surface area contributed by atoms with Gasteiger partial charge in [0, 0.05) is 19.3 Å². The van der Waals surface area contributed by atoms with Crippen molar-refractivity contribution in [1.82, 2.24) is 0 Å². The van der Waals surface area contributed by atoms with Crippen LogP contribution in [0.1, 0.15) is 188 Å². The predicted octanol–water partition coefficient (Wildman–Crippen LogP) is 10.9. The number of allylic oxidation sites excluding steroid dienone is 4. The molecule has 6 nitrogen and oxygen atoms in total. The topological polar surface area (TPSA) is 89.9 Å². The molecule has 0 aliphatic carbocycles. The van der Waals surface area contributed by atoms with E-state index in [-0.39, 0.29) is 30.9 Å². The minimum absolute atomic E-state index is 0.108. The van der Waals surface area contributed by atoms with E-state index in [2.05, 4.69) is 26.8 Å². The van der Waals surface area contributed by atoms with Crippen molar-refractivity contribution in [2.45, 2.75) is 194 Å². The SMILES string of the molecule is CCCCC/C=C\C=C\C(=O)CCCCCCCC(=O)OC[C@H](CO)OC(=O)CCCCCCCCCCCCCCCC(C)C. The van der Waals surface area contributed by atoms with Crippen molar-refractivity contribution in [2.24, 2.45) is 5.92 Å². The summed E-state index contributed by atoms with van der Waals surface area (Å²) in [6, 6.07) is 0. The van der Waals surface area contributed by atoms with E-state index in [1.165, 1.54) is 89.9 Å². The average molecular weight is 649 g/mol. The van der Waals surface area contributed by atoms with Crippen molar-refractivity contribution in [3.8, 4) is 0 Å². The van der Waals surface area contributed by atoms with Gasteiger partial charge in [-0.05, 0) is 44.1 Å². The van der Waals surface area contributed by atoms with Crippen molar-refractivity contribution in [2.75, 3.05) is 13.2 Å². The minimum atomic E-state index is -0.806. The lowest BCUT2D eigenvalue weighted by Gasteiger charge is -2.15. The Kier molecular flexibility index (Phi) is 32.9. The van der Waals surface area contributed by atoms with Crippen molar-refractivity contribution < 1.29 is 29.0 Å². The van der Waals surface area contributed by atoms with E-state index in [0.717, 1.165) is 63.7 Å². The van der Waals surface area contributed by atoms with Crippen molar-refractivity contribution in [3.05, 3.63) is 24.3 Å². The number of unbranched alkanes of at least 4 members (excludes halogenated alkanes) is 19. The van der Waals surface area contributed by atoms with Crippen LogP contribution in [0.5, 0.6) is 0 Å².